The molecule has 0 N–H and O–H groups in total. The van der Waals surface area contributed by atoms with Gasteiger partial charge in [0.2, 0.25) is 5.82 Å². The number of imidazole rings is 1. The minimum Gasteiger partial charge on any atom is -0.458 e. The molecule has 0 saturated carbocycles. The van der Waals surface area contributed by atoms with Gasteiger partial charge in [-0.1, -0.05) is 0 Å². The maximum absolute atomic E-state index is 14.5. The van der Waals surface area contributed by atoms with Crippen LogP contribution >= 0.6 is 0 Å². The van der Waals surface area contributed by atoms with Gasteiger partial charge in [-0.25, -0.2) is 9.37 Å². The molecule has 0 spiro atoms. The van der Waals surface area contributed by atoms with Crippen molar-refractivity contribution in [2.75, 3.05) is 20.1 Å². The van der Waals surface area contributed by atoms with E-state index in [2.05, 4.69) is 4.98 Å². The number of halogens is 7. The van der Waals surface area contributed by atoms with Crippen LogP contribution in [0.3, 0.4) is 0 Å². The average Bonchev–Trinajstić information content (AvgIpc) is 3.02. The Labute approximate surface area is 170 Å². The molecule has 0 bridgehead atoms. The molecule has 1 fully saturated rings. The van der Waals surface area contributed by atoms with Gasteiger partial charge in [0.15, 0.2) is 16.8 Å². The van der Waals surface area contributed by atoms with Crippen molar-refractivity contribution < 1.29 is 35.2 Å². The summed E-state index contributed by atoms with van der Waals surface area (Å²) < 4.78 is 99.5. The van der Waals surface area contributed by atoms with Crippen LogP contribution < -0.4 is 5.43 Å². The van der Waals surface area contributed by atoms with Crippen molar-refractivity contribution in [3.63, 3.8) is 0 Å². The number of nitrogens with zero attached hydrogens (tertiary/aromatic N) is 3. The number of aromatic nitrogens is 2. The maximum atomic E-state index is 14.5. The van der Waals surface area contributed by atoms with E-state index in [1.807, 2.05) is 11.9 Å². The summed E-state index contributed by atoms with van der Waals surface area (Å²) in [4.78, 5) is 17.7. The number of rotatable bonds is 2. The van der Waals surface area contributed by atoms with Crippen molar-refractivity contribution >= 4 is 22.0 Å². The predicted octanol–water partition coefficient (Wildman–Crippen LogP) is 4.67. The third-order valence-electron chi connectivity index (χ3n) is 5.40. The molecule has 31 heavy (non-hydrogen) atoms. The normalized spacial score (nSPS) is 17.2. The van der Waals surface area contributed by atoms with E-state index in [0.29, 0.717) is 32.0 Å². The first-order valence-corrected chi connectivity index (χ1v) is 9.34. The Morgan fingerprint density at radius 3 is 2.35 bits per heavy atom. The van der Waals surface area contributed by atoms with E-state index in [4.69, 9.17) is 4.42 Å². The van der Waals surface area contributed by atoms with Crippen LogP contribution in [0.25, 0.3) is 22.0 Å². The van der Waals surface area contributed by atoms with E-state index < -0.39 is 58.0 Å². The van der Waals surface area contributed by atoms with Gasteiger partial charge in [0.05, 0.1) is 5.39 Å². The van der Waals surface area contributed by atoms with Crippen molar-refractivity contribution in [1.29, 1.82) is 0 Å². The summed E-state index contributed by atoms with van der Waals surface area (Å²) in [5.74, 6) is -3.35. The lowest BCUT2D eigenvalue weighted by molar-refractivity contribution is -0.160. The van der Waals surface area contributed by atoms with Crippen molar-refractivity contribution in [1.82, 2.24) is 14.5 Å². The van der Waals surface area contributed by atoms with Gasteiger partial charge >= 0.3 is 12.4 Å². The molecule has 3 aromatic rings. The fourth-order valence-corrected chi connectivity index (χ4v) is 3.92. The number of hydrogen-bond acceptors (Lipinski definition) is 4. The minimum atomic E-state index is -5.28. The molecule has 0 unspecified atom stereocenters. The Kier molecular flexibility index (Phi) is 5.02. The second-order valence-electron chi connectivity index (χ2n) is 7.66. The van der Waals surface area contributed by atoms with Gasteiger partial charge < -0.3 is 13.9 Å². The maximum Gasteiger partial charge on any atom is 0.449 e. The zero-order valence-electron chi connectivity index (χ0n) is 16.1. The fraction of sp³-hybridized carbons (Fsp3) is 0.474. The minimum absolute atomic E-state index is 0.145. The van der Waals surface area contributed by atoms with Crippen LogP contribution in [0.1, 0.15) is 30.3 Å². The first-order valence-electron chi connectivity index (χ1n) is 9.34. The number of alkyl halides is 6. The van der Waals surface area contributed by atoms with Crippen molar-refractivity contribution in [2.24, 2.45) is 0 Å². The van der Waals surface area contributed by atoms with Crippen LogP contribution in [0.4, 0.5) is 30.7 Å². The highest BCUT2D eigenvalue weighted by molar-refractivity contribution is 6.01. The topological polar surface area (TPSA) is 51.3 Å². The summed E-state index contributed by atoms with van der Waals surface area (Å²) in [6.07, 6.45) is -9.16. The molecule has 5 nitrogen and oxygen atoms in total. The van der Waals surface area contributed by atoms with E-state index in [9.17, 15) is 35.5 Å². The third-order valence-corrected chi connectivity index (χ3v) is 5.40. The Morgan fingerprint density at radius 1 is 1.13 bits per heavy atom. The van der Waals surface area contributed by atoms with Crippen LogP contribution in [0.2, 0.25) is 0 Å². The van der Waals surface area contributed by atoms with E-state index in [-0.39, 0.29) is 16.2 Å². The van der Waals surface area contributed by atoms with Crippen molar-refractivity contribution in [2.45, 2.75) is 37.7 Å². The summed E-state index contributed by atoms with van der Waals surface area (Å²) in [7, 11) is 1.90. The van der Waals surface area contributed by atoms with Crippen molar-refractivity contribution in [3.05, 3.63) is 39.8 Å². The summed E-state index contributed by atoms with van der Waals surface area (Å²) >= 11 is 0. The number of piperidine rings is 1. The molecule has 1 aliphatic heterocycles. The molecule has 0 radical (unpaired) electrons. The SMILES string of the molecule is CN1CCC(c2cc(=O)c3cc(F)c4nc(C(F)(F)F)n(CC(F)(F)F)c4c3o2)CC1. The van der Waals surface area contributed by atoms with Gasteiger partial charge in [-0.15, -0.1) is 0 Å². The van der Waals surface area contributed by atoms with Gasteiger partial charge in [0.25, 0.3) is 0 Å². The molecule has 1 aromatic carbocycles. The van der Waals surface area contributed by atoms with Gasteiger partial charge in [-0.3, -0.25) is 4.79 Å². The van der Waals surface area contributed by atoms with Crippen LogP contribution in [0, 0.1) is 5.82 Å². The lowest BCUT2D eigenvalue weighted by Gasteiger charge is -2.28. The first kappa shape index (κ1) is 21.6. The van der Waals surface area contributed by atoms with Crippen LogP contribution in [-0.4, -0.2) is 40.8 Å². The highest BCUT2D eigenvalue weighted by Gasteiger charge is 2.42. The summed E-state index contributed by atoms with van der Waals surface area (Å²) in [6, 6.07) is 1.77. The summed E-state index contributed by atoms with van der Waals surface area (Å²) in [5, 5.41) is -0.446. The molecular weight excluding hydrogens is 435 g/mol. The number of fused-ring (bicyclic) bond motifs is 3. The molecule has 0 amide bonds. The lowest BCUT2D eigenvalue weighted by Crippen LogP contribution is -2.29. The van der Waals surface area contributed by atoms with Crippen LogP contribution in [-0.2, 0) is 12.7 Å². The fourth-order valence-electron chi connectivity index (χ4n) is 3.92. The molecule has 168 valence electrons. The molecule has 1 aliphatic rings. The van der Waals surface area contributed by atoms with Crippen LogP contribution in [0.5, 0.6) is 0 Å². The first-order chi connectivity index (χ1) is 14.3. The molecule has 2 aromatic heterocycles. The zero-order chi connectivity index (χ0) is 22.7. The van der Waals surface area contributed by atoms with Gasteiger partial charge in [0.1, 0.15) is 23.3 Å². The molecule has 1 saturated heterocycles. The molecule has 0 atom stereocenters. The summed E-state index contributed by atoms with van der Waals surface area (Å²) in [5.41, 5.74) is -3.06. The van der Waals surface area contributed by atoms with Crippen molar-refractivity contribution in [3.8, 4) is 0 Å². The standard InChI is InChI=1S/C19H16F7N3O2/c1-28-4-2-9(3-5-28)13-7-12(30)10-6-11(20)14-15(16(10)31-13)29(8-18(21,22)23)17(27-14)19(24,25)26/h6-7,9H,2-5,8H2,1H3. The van der Waals surface area contributed by atoms with E-state index >= 15 is 0 Å². The molecular formula is C19H16F7N3O2. The third kappa shape index (κ3) is 4.00. The van der Waals surface area contributed by atoms with Gasteiger partial charge in [0, 0.05) is 12.0 Å². The molecule has 12 heteroatoms. The Hall–Kier alpha value is -2.63. The monoisotopic (exact) mass is 451 g/mol. The molecule has 3 heterocycles. The predicted molar refractivity (Wildman–Crippen MR) is 96.3 cm³/mol. The smallest absolute Gasteiger partial charge is 0.449 e. The van der Waals surface area contributed by atoms with E-state index in [1.165, 1.54) is 0 Å². The quantitative estimate of drug-likeness (QED) is 0.532. The Bertz CT molecular complexity index is 1200. The highest BCUT2D eigenvalue weighted by atomic mass is 19.4. The number of benzene rings is 1. The Morgan fingerprint density at radius 2 is 1.77 bits per heavy atom. The van der Waals surface area contributed by atoms with E-state index in [1.54, 1.807) is 0 Å². The van der Waals surface area contributed by atoms with Crippen LogP contribution in [0.15, 0.2) is 21.3 Å². The number of likely N-dealkylation sites (tertiary alicyclic amines) is 1. The highest BCUT2D eigenvalue weighted by Crippen LogP contribution is 2.38. The Balaban J connectivity index is 2.04. The second kappa shape index (κ2) is 7.21. The zero-order valence-corrected chi connectivity index (χ0v) is 16.1. The molecule has 4 rings (SSSR count). The second-order valence-corrected chi connectivity index (χ2v) is 7.66. The summed E-state index contributed by atoms with van der Waals surface area (Å²) in [6.45, 7) is -0.718. The number of hydrogen-bond donors (Lipinski definition) is 0. The molecule has 0 aliphatic carbocycles. The van der Waals surface area contributed by atoms with Gasteiger partial charge in [-0.05, 0) is 39.0 Å². The largest absolute Gasteiger partial charge is 0.458 e. The lowest BCUT2D eigenvalue weighted by atomic mass is 9.94. The van der Waals surface area contributed by atoms with Gasteiger partial charge in [-0.2, -0.15) is 26.3 Å². The average molecular weight is 451 g/mol. The van der Waals surface area contributed by atoms with E-state index in [0.717, 1.165) is 6.07 Å².